The minimum absolute atomic E-state index is 0.0309. The molecule has 0 spiro atoms. The molecule has 0 bridgehead atoms. The lowest BCUT2D eigenvalue weighted by molar-refractivity contribution is -0.140. The normalized spacial score (nSPS) is 17.9. The van der Waals surface area contributed by atoms with E-state index >= 15 is 0 Å². The Morgan fingerprint density at radius 3 is 2.57 bits per heavy atom. The monoisotopic (exact) mass is 401 g/mol. The van der Waals surface area contributed by atoms with Crippen LogP contribution in [0.1, 0.15) is 22.7 Å². The van der Waals surface area contributed by atoms with Crippen molar-refractivity contribution in [3.8, 4) is 5.75 Å². The van der Waals surface area contributed by atoms with Gasteiger partial charge in [0.05, 0.1) is 18.7 Å². The topological polar surface area (TPSA) is 92.6 Å². The van der Waals surface area contributed by atoms with Gasteiger partial charge in [-0.15, -0.1) is 0 Å². The van der Waals surface area contributed by atoms with E-state index in [1.807, 2.05) is 6.07 Å². The van der Waals surface area contributed by atoms with Gasteiger partial charge in [-0.05, 0) is 41.5 Å². The van der Waals surface area contributed by atoms with Crippen molar-refractivity contribution >= 4 is 17.4 Å². The number of methoxy groups -OCH3 is 1. The standard InChI is InChI=1S/C23H19N3O4/c1-30-18-6-2-5-17(12-18)21(27)19-20(16-7-10-24-11-8-16)26(23(29)22(19)28)14-15-4-3-9-25-13-15/h2-13,20,27H,14H2,1H3/b21-19-. The predicted octanol–water partition coefficient (Wildman–Crippen LogP) is 3.11. The third-order valence-corrected chi connectivity index (χ3v) is 4.98. The summed E-state index contributed by atoms with van der Waals surface area (Å²) in [6.07, 6.45) is 6.46. The average Bonchev–Trinajstić information content (AvgIpc) is 3.05. The molecular formula is C23H19N3O4. The smallest absolute Gasteiger partial charge is 0.295 e. The number of Topliss-reactive ketones (excluding diaryl/α,β-unsaturated/α-hetero) is 1. The number of amides is 1. The average molecular weight is 401 g/mol. The fraction of sp³-hybridized carbons (Fsp3) is 0.130. The molecule has 1 N–H and O–H groups in total. The van der Waals surface area contributed by atoms with Gasteiger partial charge in [-0.2, -0.15) is 0 Å². The lowest BCUT2D eigenvalue weighted by Crippen LogP contribution is -2.29. The molecule has 7 nitrogen and oxygen atoms in total. The van der Waals surface area contributed by atoms with Crippen LogP contribution in [-0.4, -0.2) is 38.8 Å². The number of carbonyl (C=O) groups excluding carboxylic acids is 2. The maximum absolute atomic E-state index is 13.0. The second kappa shape index (κ2) is 8.16. The molecule has 4 rings (SSSR count). The van der Waals surface area contributed by atoms with Crippen LogP contribution in [0.3, 0.4) is 0 Å². The summed E-state index contributed by atoms with van der Waals surface area (Å²) in [6, 6.07) is 13.0. The molecule has 30 heavy (non-hydrogen) atoms. The molecule has 1 amide bonds. The van der Waals surface area contributed by atoms with Crippen LogP contribution in [0, 0.1) is 0 Å². The molecule has 3 aromatic rings. The molecule has 1 aromatic carbocycles. The summed E-state index contributed by atoms with van der Waals surface area (Å²) in [7, 11) is 1.52. The van der Waals surface area contributed by atoms with Gasteiger partial charge in [0.1, 0.15) is 11.5 Å². The van der Waals surface area contributed by atoms with Crippen molar-refractivity contribution in [2.24, 2.45) is 0 Å². The minimum atomic E-state index is -0.751. The molecule has 0 aliphatic carbocycles. The molecule has 1 fully saturated rings. The highest BCUT2D eigenvalue weighted by Crippen LogP contribution is 2.40. The number of nitrogens with zero attached hydrogens (tertiary/aromatic N) is 3. The van der Waals surface area contributed by atoms with Crippen molar-refractivity contribution in [2.45, 2.75) is 12.6 Å². The number of hydrogen-bond acceptors (Lipinski definition) is 6. The number of rotatable bonds is 5. The lowest BCUT2D eigenvalue weighted by Gasteiger charge is -2.25. The number of aliphatic hydroxyl groups is 1. The zero-order chi connectivity index (χ0) is 21.1. The van der Waals surface area contributed by atoms with Crippen molar-refractivity contribution in [1.29, 1.82) is 0 Å². The second-order valence-electron chi connectivity index (χ2n) is 6.80. The summed E-state index contributed by atoms with van der Waals surface area (Å²) in [5.41, 5.74) is 1.88. The highest BCUT2D eigenvalue weighted by Gasteiger charge is 2.46. The van der Waals surface area contributed by atoms with Crippen LogP contribution in [0.25, 0.3) is 5.76 Å². The molecule has 1 unspecified atom stereocenters. The summed E-state index contributed by atoms with van der Waals surface area (Å²) in [5.74, 6) is -1.13. The maximum atomic E-state index is 13.0. The van der Waals surface area contributed by atoms with Gasteiger partial charge in [0.2, 0.25) is 0 Å². The summed E-state index contributed by atoms with van der Waals surface area (Å²) in [6.45, 7) is 0.181. The van der Waals surface area contributed by atoms with E-state index in [4.69, 9.17) is 4.74 Å². The summed E-state index contributed by atoms with van der Waals surface area (Å²) in [4.78, 5) is 35.5. The van der Waals surface area contributed by atoms with Crippen LogP contribution in [-0.2, 0) is 16.1 Å². The Kier molecular flexibility index (Phi) is 5.26. The van der Waals surface area contributed by atoms with E-state index in [1.165, 1.54) is 12.0 Å². The third-order valence-electron chi connectivity index (χ3n) is 4.98. The largest absolute Gasteiger partial charge is 0.507 e. The van der Waals surface area contributed by atoms with Gasteiger partial charge in [0.15, 0.2) is 0 Å². The first kappa shape index (κ1) is 19.3. The second-order valence-corrected chi connectivity index (χ2v) is 6.80. The van der Waals surface area contributed by atoms with E-state index in [-0.39, 0.29) is 17.9 Å². The van der Waals surface area contributed by atoms with Crippen molar-refractivity contribution < 1.29 is 19.4 Å². The van der Waals surface area contributed by atoms with Gasteiger partial charge in [-0.25, -0.2) is 0 Å². The predicted molar refractivity (Wildman–Crippen MR) is 109 cm³/mol. The van der Waals surface area contributed by atoms with Crippen LogP contribution in [0.15, 0.2) is 78.9 Å². The third kappa shape index (κ3) is 3.53. The first-order valence-corrected chi connectivity index (χ1v) is 9.32. The SMILES string of the molecule is COc1cccc(/C(O)=C2/C(=O)C(=O)N(Cc3cccnc3)C2c2ccncc2)c1. The highest BCUT2D eigenvalue weighted by molar-refractivity contribution is 6.46. The quantitative estimate of drug-likeness (QED) is 0.401. The van der Waals surface area contributed by atoms with Crippen LogP contribution in [0.4, 0.5) is 0 Å². The first-order chi connectivity index (χ1) is 14.6. The van der Waals surface area contributed by atoms with Gasteiger partial charge >= 0.3 is 0 Å². The molecule has 1 atom stereocenters. The van der Waals surface area contributed by atoms with Gasteiger partial charge < -0.3 is 14.7 Å². The van der Waals surface area contributed by atoms with E-state index in [0.717, 1.165) is 5.56 Å². The van der Waals surface area contributed by atoms with E-state index in [1.54, 1.807) is 67.3 Å². The van der Waals surface area contributed by atoms with Crippen molar-refractivity contribution in [3.63, 3.8) is 0 Å². The zero-order valence-corrected chi connectivity index (χ0v) is 16.2. The zero-order valence-electron chi connectivity index (χ0n) is 16.2. The van der Waals surface area contributed by atoms with Crippen molar-refractivity contribution in [3.05, 3.63) is 95.6 Å². The summed E-state index contributed by atoms with van der Waals surface area (Å²) < 4.78 is 5.22. The Labute approximate surface area is 173 Å². The van der Waals surface area contributed by atoms with Gasteiger partial charge in [-0.3, -0.25) is 19.6 Å². The minimum Gasteiger partial charge on any atom is -0.507 e. The van der Waals surface area contributed by atoms with Crippen molar-refractivity contribution in [2.75, 3.05) is 7.11 Å². The molecule has 1 saturated heterocycles. The summed E-state index contributed by atoms with van der Waals surface area (Å²) >= 11 is 0. The molecule has 3 heterocycles. The van der Waals surface area contributed by atoms with E-state index in [9.17, 15) is 14.7 Å². The fourth-order valence-electron chi connectivity index (χ4n) is 3.55. The Morgan fingerprint density at radius 2 is 1.87 bits per heavy atom. The number of hydrogen-bond donors (Lipinski definition) is 1. The van der Waals surface area contributed by atoms with E-state index in [2.05, 4.69) is 9.97 Å². The number of benzene rings is 1. The molecule has 0 saturated carbocycles. The number of ketones is 1. The Balaban J connectivity index is 1.85. The Hall–Kier alpha value is -4.00. The highest BCUT2D eigenvalue weighted by atomic mass is 16.5. The van der Waals surface area contributed by atoms with Gasteiger partial charge in [0.25, 0.3) is 11.7 Å². The van der Waals surface area contributed by atoms with Crippen LogP contribution in [0.2, 0.25) is 0 Å². The molecule has 1 aliphatic rings. The van der Waals surface area contributed by atoms with E-state index in [0.29, 0.717) is 16.9 Å². The fourth-order valence-corrected chi connectivity index (χ4v) is 3.55. The number of ether oxygens (including phenoxy) is 1. The molecular weight excluding hydrogens is 382 g/mol. The van der Waals surface area contributed by atoms with Crippen LogP contribution in [0.5, 0.6) is 5.75 Å². The first-order valence-electron chi connectivity index (χ1n) is 9.32. The molecule has 0 radical (unpaired) electrons. The van der Waals surface area contributed by atoms with E-state index < -0.39 is 17.7 Å². The Bertz CT molecular complexity index is 1110. The molecule has 2 aromatic heterocycles. The number of likely N-dealkylation sites (tertiary alicyclic amines) is 1. The maximum Gasteiger partial charge on any atom is 0.295 e. The Morgan fingerprint density at radius 1 is 1.07 bits per heavy atom. The lowest BCUT2D eigenvalue weighted by atomic mass is 9.96. The number of carbonyl (C=O) groups is 2. The molecule has 7 heteroatoms. The van der Waals surface area contributed by atoms with Crippen molar-refractivity contribution in [1.82, 2.24) is 14.9 Å². The summed E-state index contributed by atoms with van der Waals surface area (Å²) in [5, 5.41) is 11.0. The number of aromatic nitrogens is 2. The number of pyridine rings is 2. The van der Waals surface area contributed by atoms with Crippen LogP contribution < -0.4 is 4.74 Å². The molecule has 1 aliphatic heterocycles. The molecule has 150 valence electrons. The van der Waals surface area contributed by atoms with Gasteiger partial charge in [-0.1, -0.05) is 18.2 Å². The van der Waals surface area contributed by atoms with Crippen LogP contribution >= 0.6 is 0 Å². The van der Waals surface area contributed by atoms with Gasteiger partial charge in [0, 0.05) is 36.9 Å². The number of aliphatic hydroxyl groups excluding tert-OH is 1.